The van der Waals surface area contributed by atoms with Crippen molar-refractivity contribution in [2.45, 2.75) is 32.1 Å². The molecule has 2 N–H and O–H groups in total. The first-order chi connectivity index (χ1) is 16.2. The van der Waals surface area contributed by atoms with E-state index in [0.717, 1.165) is 21.4 Å². The monoisotopic (exact) mass is 508 g/mol. The number of aliphatic carboxylic acids is 1. The van der Waals surface area contributed by atoms with Gasteiger partial charge in [0.1, 0.15) is 12.2 Å². The number of amides is 1. The van der Waals surface area contributed by atoms with E-state index in [2.05, 4.69) is 17.0 Å². The van der Waals surface area contributed by atoms with Crippen LogP contribution in [0.4, 0.5) is 13.2 Å². The number of halogens is 4. The molecule has 0 bridgehead atoms. The maximum Gasteiger partial charge on any atom is 0.416 e. The Morgan fingerprint density at radius 1 is 1.11 bits per heavy atom. The van der Waals surface area contributed by atoms with Crippen molar-refractivity contribution in [2.75, 3.05) is 0 Å². The zero-order chi connectivity index (χ0) is 26.1. The minimum atomic E-state index is -4.55. The van der Waals surface area contributed by atoms with Crippen molar-refractivity contribution >= 4 is 29.2 Å². The lowest BCUT2D eigenvalue weighted by atomic mass is 9.92. The lowest BCUT2D eigenvalue weighted by Gasteiger charge is -2.27. The normalized spacial score (nSPS) is 11.8. The van der Waals surface area contributed by atoms with Gasteiger partial charge in [-0.15, -0.1) is 5.10 Å². The van der Waals surface area contributed by atoms with Gasteiger partial charge in [-0.25, -0.2) is 18.8 Å². The molecule has 1 heterocycles. The Morgan fingerprint density at radius 2 is 1.71 bits per heavy atom. The Morgan fingerprint density at radius 3 is 2.29 bits per heavy atom. The Labute approximate surface area is 202 Å². The first-order valence-corrected chi connectivity index (χ1v) is 10.5. The van der Waals surface area contributed by atoms with Crippen LogP contribution in [0, 0.1) is 0 Å². The van der Waals surface area contributed by atoms with E-state index >= 15 is 0 Å². The predicted molar refractivity (Wildman–Crippen MR) is 123 cm³/mol. The average Bonchev–Trinajstić information content (AvgIpc) is 3.08. The number of rotatable bonds is 7. The maximum atomic E-state index is 13.1. The van der Waals surface area contributed by atoms with Crippen LogP contribution in [-0.4, -0.2) is 31.3 Å². The highest BCUT2D eigenvalue weighted by atomic mass is 35.5. The van der Waals surface area contributed by atoms with Gasteiger partial charge in [-0.2, -0.15) is 13.2 Å². The van der Waals surface area contributed by atoms with Crippen molar-refractivity contribution in [3.63, 3.8) is 0 Å². The number of benzene rings is 2. The SMILES string of the molecule is C=C(C(=O)O)n1c(-c2ccc(Cl)cc2)nn(CC(=O)NC(C)(C)c2cccc(C(F)(F)F)c2)c1=O. The molecule has 0 radical (unpaired) electrons. The van der Waals surface area contributed by atoms with Gasteiger partial charge < -0.3 is 10.4 Å². The van der Waals surface area contributed by atoms with E-state index in [1.807, 2.05) is 0 Å². The van der Waals surface area contributed by atoms with Crippen molar-refractivity contribution in [1.29, 1.82) is 0 Å². The number of carboxylic acids is 1. The molecule has 12 heteroatoms. The van der Waals surface area contributed by atoms with Gasteiger partial charge in [0.25, 0.3) is 0 Å². The fraction of sp³-hybridized carbons (Fsp3) is 0.217. The molecule has 35 heavy (non-hydrogen) atoms. The van der Waals surface area contributed by atoms with E-state index in [1.165, 1.54) is 50.2 Å². The van der Waals surface area contributed by atoms with E-state index in [-0.39, 0.29) is 11.4 Å². The molecule has 3 rings (SSSR count). The first-order valence-electron chi connectivity index (χ1n) is 10.1. The zero-order valence-electron chi connectivity index (χ0n) is 18.6. The summed E-state index contributed by atoms with van der Waals surface area (Å²) in [7, 11) is 0. The number of hydrogen-bond donors (Lipinski definition) is 2. The second-order valence-electron chi connectivity index (χ2n) is 8.11. The van der Waals surface area contributed by atoms with Crippen molar-refractivity contribution in [3.8, 4) is 11.4 Å². The van der Waals surface area contributed by atoms with Gasteiger partial charge in [0.15, 0.2) is 5.82 Å². The molecule has 0 saturated heterocycles. The van der Waals surface area contributed by atoms with Crippen LogP contribution in [0.15, 0.2) is 59.9 Å². The summed E-state index contributed by atoms with van der Waals surface area (Å²) >= 11 is 5.88. The number of nitrogens with one attached hydrogen (secondary N) is 1. The van der Waals surface area contributed by atoms with Gasteiger partial charge in [-0.1, -0.05) is 30.3 Å². The number of carbonyl (C=O) groups is 2. The quantitative estimate of drug-likeness (QED) is 0.469. The van der Waals surface area contributed by atoms with Crippen LogP contribution in [0.1, 0.15) is 25.0 Å². The summed E-state index contributed by atoms with van der Waals surface area (Å²) in [4.78, 5) is 37.1. The molecule has 0 aliphatic carbocycles. The predicted octanol–water partition coefficient (Wildman–Crippen LogP) is 3.99. The Bertz CT molecular complexity index is 1360. The molecule has 0 aliphatic heterocycles. The number of hydrogen-bond acceptors (Lipinski definition) is 4. The van der Waals surface area contributed by atoms with E-state index in [1.54, 1.807) is 0 Å². The molecule has 2 aromatic carbocycles. The van der Waals surface area contributed by atoms with Crippen LogP contribution in [-0.2, 0) is 27.8 Å². The highest BCUT2D eigenvalue weighted by Gasteiger charge is 2.33. The third kappa shape index (κ3) is 5.62. The van der Waals surface area contributed by atoms with Gasteiger partial charge in [0, 0.05) is 10.6 Å². The Hall–Kier alpha value is -3.86. The molecule has 184 valence electrons. The molecule has 0 unspecified atom stereocenters. The molecule has 0 atom stereocenters. The van der Waals surface area contributed by atoms with Crippen molar-refractivity contribution in [1.82, 2.24) is 19.7 Å². The number of nitrogens with zero attached hydrogens (tertiary/aromatic N) is 3. The van der Waals surface area contributed by atoms with Crippen LogP contribution in [0.5, 0.6) is 0 Å². The minimum Gasteiger partial charge on any atom is -0.477 e. The molecule has 1 amide bonds. The van der Waals surface area contributed by atoms with E-state index in [9.17, 15) is 32.7 Å². The highest BCUT2D eigenvalue weighted by molar-refractivity contribution is 6.30. The van der Waals surface area contributed by atoms with Crippen LogP contribution in [0.2, 0.25) is 5.02 Å². The first kappa shape index (κ1) is 25.8. The van der Waals surface area contributed by atoms with Gasteiger partial charge in [-0.05, 0) is 55.8 Å². The second-order valence-corrected chi connectivity index (χ2v) is 8.55. The van der Waals surface area contributed by atoms with Crippen molar-refractivity contribution in [3.05, 3.63) is 81.7 Å². The van der Waals surface area contributed by atoms with Crippen LogP contribution in [0.25, 0.3) is 17.1 Å². The third-order valence-corrected chi connectivity index (χ3v) is 5.37. The van der Waals surface area contributed by atoms with Crippen molar-refractivity contribution in [2.24, 2.45) is 0 Å². The highest BCUT2D eigenvalue weighted by Crippen LogP contribution is 2.32. The maximum absolute atomic E-state index is 13.1. The molecule has 3 aromatic rings. The molecule has 8 nitrogen and oxygen atoms in total. The summed E-state index contributed by atoms with van der Waals surface area (Å²) in [6, 6.07) is 10.6. The Balaban J connectivity index is 1.92. The van der Waals surface area contributed by atoms with E-state index < -0.39 is 47.1 Å². The lowest BCUT2D eigenvalue weighted by molar-refractivity contribution is -0.137. The number of alkyl halides is 3. The summed E-state index contributed by atoms with van der Waals surface area (Å²) < 4.78 is 40.7. The summed E-state index contributed by atoms with van der Waals surface area (Å²) in [6.07, 6.45) is -4.55. The van der Waals surface area contributed by atoms with Gasteiger partial charge in [0.2, 0.25) is 5.91 Å². The molecule has 0 spiro atoms. The molecule has 1 aromatic heterocycles. The smallest absolute Gasteiger partial charge is 0.416 e. The van der Waals surface area contributed by atoms with Crippen LogP contribution >= 0.6 is 11.6 Å². The summed E-state index contributed by atoms with van der Waals surface area (Å²) in [5.41, 5.74) is -3.08. The fourth-order valence-electron chi connectivity index (χ4n) is 3.32. The van der Waals surface area contributed by atoms with Gasteiger partial charge >= 0.3 is 17.8 Å². The zero-order valence-corrected chi connectivity index (χ0v) is 19.3. The largest absolute Gasteiger partial charge is 0.477 e. The lowest BCUT2D eigenvalue weighted by Crippen LogP contribution is -2.44. The van der Waals surface area contributed by atoms with Crippen LogP contribution in [0.3, 0.4) is 0 Å². The number of carbonyl (C=O) groups excluding carboxylic acids is 1. The average molecular weight is 509 g/mol. The Kier molecular flexibility index (Phi) is 6.93. The fourth-order valence-corrected chi connectivity index (χ4v) is 3.44. The molecule has 0 saturated carbocycles. The summed E-state index contributed by atoms with van der Waals surface area (Å²) in [5.74, 6) is -2.29. The second kappa shape index (κ2) is 9.41. The minimum absolute atomic E-state index is 0.0796. The van der Waals surface area contributed by atoms with E-state index in [4.69, 9.17) is 11.6 Å². The molecular weight excluding hydrogens is 489 g/mol. The number of carboxylic acid groups (broad SMARTS) is 1. The van der Waals surface area contributed by atoms with Gasteiger partial charge in [0.05, 0.1) is 11.1 Å². The molecule has 0 fully saturated rings. The van der Waals surface area contributed by atoms with E-state index in [0.29, 0.717) is 10.6 Å². The number of aromatic nitrogens is 3. The topological polar surface area (TPSA) is 106 Å². The standard InChI is InChI=1S/C23H20ClF3N4O4/c1-13(20(33)34)31-19(14-7-9-17(24)10-8-14)29-30(21(31)35)12-18(32)28-22(2,3)15-5-4-6-16(11-15)23(25,26)27/h4-11H,1,12H2,2-3H3,(H,28,32)(H,33,34). The third-order valence-electron chi connectivity index (χ3n) is 5.12. The molecule has 0 aliphatic rings. The summed E-state index contributed by atoms with van der Waals surface area (Å²) in [6.45, 7) is 5.79. The summed E-state index contributed by atoms with van der Waals surface area (Å²) in [5, 5.41) is 16.4. The van der Waals surface area contributed by atoms with Gasteiger partial charge in [-0.3, -0.25) is 4.79 Å². The van der Waals surface area contributed by atoms with Crippen LogP contribution < -0.4 is 11.0 Å². The molecular formula is C23H20ClF3N4O4. The van der Waals surface area contributed by atoms with Crippen molar-refractivity contribution < 1.29 is 27.9 Å².